The number of hydrogen-bond acceptors (Lipinski definition) is 4. The highest BCUT2D eigenvalue weighted by Crippen LogP contribution is 1.98. The Morgan fingerprint density at radius 2 is 2.25 bits per heavy atom. The molecule has 6 nitrogen and oxygen atoms in total. The molecular weight excluding hydrogens is 162 g/mol. The number of aliphatic hydroxyl groups is 2. The molecule has 1 rings (SSSR count). The molecule has 0 aromatic carbocycles. The van der Waals surface area contributed by atoms with Crippen LogP contribution < -0.4 is 5.32 Å². The number of rotatable bonds is 3. The Bertz CT molecular complexity index is 164. The maximum atomic E-state index is 10.9. The van der Waals surface area contributed by atoms with E-state index in [1.807, 2.05) is 4.90 Å². The molecule has 0 bridgehead atoms. The van der Waals surface area contributed by atoms with Gasteiger partial charge in [-0.25, -0.2) is 4.79 Å². The van der Waals surface area contributed by atoms with Gasteiger partial charge in [0.25, 0.3) is 0 Å². The summed E-state index contributed by atoms with van der Waals surface area (Å²) in [7, 11) is 0. The molecule has 1 saturated heterocycles. The Morgan fingerprint density at radius 3 is 2.83 bits per heavy atom. The maximum absolute atomic E-state index is 10.9. The van der Waals surface area contributed by atoms with Gasteiger partial charge < -0.3 is 15.5 Å². The topological polar surface area (TPSA) is 76.0 Å². The summed E-state index contributed by atoms with van der Waals surface area (Å²) in [6.07, 6.45) is 0. The molecule has 1 fully saturated rings. The average Bonchev–Trinajstić information content (AvgIpc) is 2.09. The first-order valence-electron chi connectivity index (χ1n) is 3.74. The lowest BCUT2D eigenvalue weighted by molar-refractivity contribution is 0.0395. The van der Waals surface area contributed by atoms with Crippen LogP contribution in [0.2, 0.25) is 0 Å². The minimum atomic E-state index is -0.298. The smallest absolute Gasteiger partial charge is 0.321 e. The van der Waals surface area contributed by atoms with Crippen molar-refractivity contribution in [2.24, 2.45) is 0 Å². The molecule has 0 aromatic heterocycles. The predicted molar refractivity (Wildman–Crippen MR) is 41.0 cm³/mol. The number of urea groups is 1. The molecule has 1 aliphatic heterocycles. The average molecular weight is 175 g/mol. The van der Waals surface area contributed by atoms with Gasteiger partial charge in [-0.1, -0.05) is 0 Å². The molecule has 0 spiro atoms. The van der Waals surface area contributed by atoms with Crippen LogP contribution in [-0.2, 0) is 0 Å². The third-order valence-electron chi connectivity index (χ3n) is 1.70. The van der Waals surface area contributed by atoms with E-state index in [0.29, 0.717) is 19.9 Å². The van der Waals surface area contributed by atoms with Crippen LogP contribution in [0.3, 0.4) is 0 Å². The van der Waals surface area contributed by atoms with Gasteiger partial charge in [0.15, 0.2) is 0 Å². The van der Waals surface area contributed by atoms with E-state index in [9.17, 15) is 4.79 Å². The second-order valence-electron chi connectivity index (χ2n) is 2.58. The quantitative estimate of drug-likeness (QED) is 0.471. The lowest BCUT2D eigenvalue weighted by Gasteiger charge is -2.34. The number of nitrogens with zero attached hydrogens (tertiary/aromatic N) is 2. The van der Waals surface area contributed by atoms with Crippen LogP contribution in [0.25, 0.3) is 0 Å². The normalized spacial score (nSPS) is 19.5. The van der Waals surface area contributed by atoms with Crippen molar-refractivity contribution >= 4 is 6.03 Å². The summed E-state index contributed by atoms with van der Waals surface area (Å²) >= 11 is 0. The summed E-state index contributed by atoms with van der Waals surface area (Å²) in [4.78, 5) is 14.0. The Labute approximate surface area is 70.4 Å². The number of hydrogen-bond donors (Lipinski definition) is 3. The molecule has 6 heteroatoms. The minimum absolute atomic E-state index is 0.0507. The first kappa shape index (κ1) is 9.24. The van der Waals surface area contributed by atoms with E-state index < -0.39 is 0 Å². The second kappa shape index (κ2) is 4.24. The van der Waals surface area contributed by atoms with E-state index in [1.54, 1.807) is 0 Å². The second-order valence-corrected chi connectivity index (χ2v) is 2.58. The van der Waals surface area contributed by atoms with E-state index in [2.05, 4.69) is 5.32 Å². The van der Waals surface area contributed by atoms with Crippen molar-refractivity contribution in [1.29, 1.82) is 0 Å². The van der Waals surface area contributed by atoms with E-state index in [1.165, 1.54) is 4.90 Å². The monoisotopic (exact) mass is 175 g/mol. The minimum Gasteiger partial charge on any atom is -0.395 e. The van der Waals surface area contributed by atoms with Crippen molar-refractivity contribution in [3.05, 3.63) is 0 Å². The predicted octanol–water partition coefficient (Wildman–Crippen LogP) is -1.83. The highest BCUT2D eigenvalue weighted by molar-refractivity contribution is 5.74. The number of amides is 2. The summed E-state index contributed by atoms with van der Waals surface area (Å²) in [6, 6.07) is -0.272. The number of β-amino-alcohol motifs (C(OH)–C–C–N with tert-alkyl or cyclic N) is 1. The van der Waals surface area contributed by atoms with Crippen molar-refractivity contribution in [2.45, 2.75) is 0 Å². The first-order chi connectivity index (χ1) is 5.77. The summed E-state index contributed by atoms with van der Waals surface area (Å²) in [5.41, 5.74) is 0. The van der Waals surface area contributed by atoms with Crippen LogP contribution in [0, 0.1) is 0 Å². The van der Waals surface area contributed by atoms with Gasteiger partial charge in [-0.15, -0.1) is 0 Å². The summed E-state index contributed by atoms with van der Waals surface area (Å²) in [5, 5.41) is 19.9. The van der Waals surface area contributed by atoms with Crippen molar-refractivity contribution in [3.8, 4) is 0 Å². The fourth-order valence-corrected chi connectivity index (χ4v) is 1.05. The fourth-order valence-electron chi connectivity index (χ4n) is 1.05. The third kappa shape index (κ3) is 2.07. The lowest BCUT2D eigenvalue weighted by atomic mass is 10.5. The van der Waals surface area contributed by atoms with Gasteiger partial charge in [-0.05, 0) is 0 Å². The molecule has 1 heterocycles. The Balaban J connectivity index is 2.38. The van der Waals surface area contributed by atoms with Gasteiger partial charge in [0.1, 0.15) is 6.73 Å². The zero-order chi connectivity index (χ0) is 8.97. The summed E-state index contributed by atoms with van der Waals surface area (Å²) in [6.45, 7) is 1.04. The molecule has 0 radical (unpaired) electrons. The molecule has 1 aliphatic rings. The first-order valence-corrected chi connectivity index (χ1v) is 3.74. The summed E-state index contributed by atoms with van der Waals surface area (Å²) in [5.74, 6) is 0. The molecule has 0 saturated carbocycles. The van der Waals surface area contributed by atoms with Crippen LogP contribution in [0.4, 0.5) is 4.79 Å². The van der Waals surface area contributed by atoms with Crippen LogP contribution in [0.5, 0.6) is 0 Å². The van der Waals surface area contributed by atoms with E-state index in [4.69, 9.17) is 10.2 Å². The lowest BCUT2D eigenvalue weighted by Crippen LogP contribution is -2.56. The number of carbonyl (C=O) groups excluding carboxylic acids is 1. The van der Waals surface area contributed by atoms with Crippen LogP contribution in [0.1, 0.15) is 0 Å². The zero-order valence-corrected chi connectivity index (χ0v) is 6.73. The van der Waals surface area contributed by atoms with E-state index in [-0.39, 0.29) is 19.4 Å². The van der Waals surface area contributed by atoms with Crippen molar-refractivity contribution in [3.63, 3.8) is 0 Å². The largest absolute Gasteiger partial charge is 0.395 e. The van der Waals surface area contributed by atoms with Crippen molar-refractivity contribution in [1.82, 2.24) is 15.1 Å². The Morgan fingerprint density at radius 1 is 1.50 bits per heavy atom. The molecule has 0 aliphatic carbocycles. The van der Waals surface area contributed by atoms with Crippen molar-refractivity contribution in [2.75, 3.05) is 33.2 Å². The molecule has 2 amide bonds. The molecule has 12 heavy (non-hydrogen) atoms. The van der Waals surface area contributed by atoms with Gasteiger partial charge in [-0.3, -0.25) is 9.80 Å². The molecule has 0 aromatic rings. The van der Waals surface area contributed by atoms with E-state index >= 15 is 0 Å². The third-order valence-corrected chi connectivity index (χ3v) is 1.70. The van der Waals surface area contributed by atoms with Crippen molar-refractivity contribution < 1.29 is 15.0 Å². The van der Waals surface area contributed by atoms with Gasteiger partial charge in [-0.2, -0.15) is 0 Å². The zero-order valence-electron chi connectivity index (χ0n) is 6.73. The number of carbonyl (C=O) groups is 1. The maximum Gasteiger partial charge on any atom is 0.321 e. The molecular formula is C6H13N3O3. The Hall–Kier alpha value is -0.850. The number of nitrogens with one attached hydrogen (secondary N) is 1. The van der Waals surface area contributed by atoms with Crippen LogP contribution >= 0.6 is 0 Å². The molecule has 70 valence electrons. The standard InChI is InChI=1S/C6H13N3O3/c10-2-1-8-3-7-6(12)9(4-8)5-11/h10-11H,1-5H2,(H,7,12). The fraction of sp³-hybridized carbons (Fsp3) is 0.833. The number of aliphatic hydroxyl groups excluding tert-OH is 2. The highest BCUT2D eigenvalue weighted by atomic mass is 16.3. The molecule has 3 N–H and O–H groups in total. The SMILES string of the molecule is O=C1NCN(CCO)CN1CO. The van der Waals surface area contributed by atoms with Gasteiger partial charge in [0.05, 0.1) is 19.9 Å². The van der Waals surface area contributed by atoms with Gasteiger partial charge in [0, 0.05) is 6.54 Å². The molecule has 0 atom stereocenters. The van der Waals surface area contributed by atoms with Crippen LogP contribution in [-0.4, -0.2) is 59.3 Å². The summed E-state index contributed by atoms with van der Waals surface area (Å²) < 4.78 is 0. The highest BCUT2D eigenvalue weighted by Gasteiger charge is 2.21. The molecule has 0 unspecified atom stereocenters. The van der Waals surface area contributed by atoms with Crippen LogP contribution in [0.15, 0.2) is 0 Å². The van der Waals surface area contributed by atoms with Gasteiger partial charge in [0.2, 0.25) is 0 Å². The van der Waals surface area contributed by atoms with Gasteiger partial charge >= 0.3 is 6.03 Å². The Kier molecular flexibility index (Phi) is 3.27. The van der Waals surface area contributed by atoms with E-state index in [0.717, 1.165) is 0 Å².